The van der Waals surface area contributed by atoms with Crippen LogP contribution < -0.4 is 0 Å². The maximum absolute atomic E-state index is 2.56. The Bertz CT molecular complexity index is 3060. The SMILES string of the molecule is c1ccc2c(c1)-c1ccccc1C21c2ccccc2-c2cc3c4ccccc4c4cc(-c5cccc6c5sc5ccccc56)ccc4c3cc21. The van der Waals surface area contributed by atoms with Crippen molar-refractivity contribution in [1.82, 2.24) is 0 Å². The lowest BCUT2D eigenvalue weighted by Gasteiger charge is -2.30. The first-order valence-corrected chi connectivity index (χ1v) is 18.2. The number of thiophene rings is 1. The largest absolute Gasteiger partial charge is 0.135 e. The van der Waals surface area contributed by atoms with E-state index in [1.165, 1.54) is 108 Å². The zero-order chi connectivity index (χ0) is 32.6. The van der Waals surface area contributed by atoms with Gasteiger partial charge in [0.05, 0.1) is 5.41 Å². The maximum Gasteiger partial charge on any atom is 0.0725 e. The van der Waals surface area contributed by atoms with Gasteiger partial charge in [0.1, 0.15) is 0 Å². The number of hydrogen-bond donors (Lipinski definition) is 0. The van der Waals surface area contributed by atoms with Crippen LogP contribution in [-0.2, 0) is 5.41 Å². The molecule has 9 aromatic carbocycles. The fourth-order valence-electron chi connectivity index (χ4n) is 9.68. The van der Waals surface area contributed by atoms with Gasteiger partial charge in [-0.05, 0) is 112 Å². The predicted molar refractivity (Wildman–Crippen MR) is 214 cm³/mol. The van der Waals surface area contributed by atoms with Crippen molar-refractivity contribution in [2.75, 3.05) is 0 Å². The molecule has 0 fully saturated rings. The third-order valence-corrected chi connectivity index (χ3v) is 12.9. The number of hydrogen-bond acceptors (Lipinski definition) is 1. The van der Waals surface area contributed by atoms with Crippen LogP contribution in [0.5, 0.6) is 0 Å². The van der Waals surface area contributed by atoms with Crippen molar-refractivity contribution >= 4 is 63.8 Å². The van der Waals surface area contributed by atoms with Crippen LogP contribution in [0.4, 0.5) is 0 Å². The lowest BCUT2D eigenvalue weighted by molar-refractivity contribution is 0.795. The molecule has 0 bridgehead atoms. The third kappa shape index (κ3) is 3.22. The summed E-state index contributed by atoms with van der Waals surface area (Å²) >= 11 is 1.90. The molecule has 0 aliphatic heterocycles. The first kappa shape index (κ1) is 26.9. The Balaban J connectivity index is 1.20. The van der Waals surface area contributed by atoms with Crippen molar-refractivity contribution in [2.24, 2.45) is 0 Å². The van der Waals surface area contributed by atoms with Gasteiger partial charge in [0, 0.05) is 20.2 Å². The minimum absolute atomic E-state index is 0.359. The van der Waals surface area contributed by atoms with Crippen LogP contribution >= 0.6 is 11.3 Å². The average molecular weight is 649 g/mol. The second-order valence-electron chi connectivity index (χ2n) is 13.9. The minimum atomic E-state index is -0.359. The summed E-state index contributed by atoms with van der Waals surface area (Å²) in [6, 6.07) is 64.2. The first-order chi connectivity index (χ1) is 24.8. The Morgan fingerprint density at radius 2 is 0.800 bits per heavy atom. The molecule has 50 heavy (non-hydrogen) atoms. The molecule has 1 aromatic heterocycles. The molecule has 0 radical (unpaired) electrons. The Morgan fingerprint density at radius 3 is 1.50 bits per heavy atom. The van der Waals surface area contributed by atoms with Gasteiger partial charge in [0.15, 0.2) is 0 Å². The van der Waals surface area contributed by atoms with Gasteiger partial charge in [-0.2, -0.15) is 0 Å². The Morgan fingerprint density at radius 1 is 0.300 bits per heavy atom. The molecule has 1 heteroatoms. The van der Waals surface area contributed by atoms with E-state index in [1.807, 2.05) is 11.3 Å². The number of fused-ring (bicyclic) bond motifs is 19. The molecule has 2 aliphatic rings. The van der Waals surface area contributed by atoms with E-state index in [1.54, 1.807) is 0 Å². The highest BCUT2D eigenvalue weighted by atomic mass is 32.1. The standard InChI is InChI=1S/C49H28S/c1-2-13-32-31(12-1)39-26-29(30-18-11-19-38-37-17-6-10-23-47(37)50-48(30)38)24-25-33(39)41-28-46-42(27-40(32)41)36-16-5-9-22-45(36)49(46)43-20-7-3-14-34(43)35-15-4-8-21-44(35)49/h1-28H. The second-order valence-corrected chi connectivity index (χ2v) is 15.0. The van der Waals surface area contributed by atoms with Crippen LogP contribution in [0.15, 0.2) is 170 Å². The van der Waals surface area contributed by atoms with Gasteiger partial charge in [-0.3, -0.25) is 0 Å². The zero-order valence-corrected chi connectivity index (χ0v) is 27.9. The second kappa shape index (κ2) is 9.57. The van der Waals surface area contributed by atoms with E-state index in [2.05, 4.69) is 170 Å². The first-order valence-electron chi connectivity index (χ1n) is 17.4. The van der Waals surface area contributed by atoms with Crippen LogP contribution in [0.2, 0.25) is 0 Å². The van der Waals surface area contributed by atoms with Crippen molar-refractivity contribution < 1.29 is 0 Å². The Kier molecular flexibility index (Phi) is 5.14. The maximum atomic E-state index is 2.56. The van der Waals surface area contributed by atoms with Gasteiger partial charge in [-0.25, -0.2) is 0 Å². The molecule has 1 spiro atoms. The van der Waals surface area contributed by atoms with Gasteiger partial charge < -0.3 is 0 Å². The van der Waals surface area contributed by atoms with Crippen molar-refractivity contribution in [3.63, 3.8) is 0 Å². The molecule has 1 heterocycles. The average Bonchev–Trinajstić information content (AvgIpc) is 3.81. The van der Waals surface area contributed by atoms with E-state index in [4.69, 9.17) is 0 Å². The molecule has 0 atom stereocenters. The minimum Gasteiger partial charge on any atom is -0.135 e. The molecule has 0 nitrogen and oxygen atoms in total. The van der Waals surface area contributed by atoms with Crippen LogP contribution in [0.3, 0.4) is 0 Å². The predicted octanol–water partition coefficient (Wildman–Crippen LogP) is 13.5. The summed E-state index contributed by atoms with van der Waals surface area (Å²) in [4.78, 5) is 0. The monoisotopic (exact) mass is 648 g/mol. The fraction of sp³-hybridized carbons (Fsp3) is 0.0204. The molecule has 0 saturated carbocycles. The highest BCUT2D eigenvalue weighted by Gasteiger charge is 2.51. The van der Waals surface area contributed by atoms with Gasteiger partial charge in [0.2, 0.25) is 0 Å². The molecule has 2 aliphatic carbocycles. The molecule has 10 aromatic rings. The highest BCUT2D eigenvalue weighted by molar-refractivity contribution is 7.26. The van der Waals surface area contributed by atoms with Crippen molar-refractivity contribution in [3.05, 3.63) is 192 Å². The van der Waals surface area contributed by atoms with E-state index in [0.29, 0.717) is 0 Å². The summed E-state index contributed by atoms with van der Waals surface area (Å²) in [5.74, 6) is 0. The quantitative estimate of drug-likeness (QED) is 0.155. The molecule has 12 rings (SSSR count). The van der Waals surface area contributed by atoms with Gasteiger partial charge >= 0.3 is 0 Å². The van der Waals surface area contributed by atoms with Crippen LogP contribution in [0.25, 0.3) is 85.9 Å². The van der Waals surface area contributed by atoms with Crippen LogP contribution in [0.1, 0.15) is 22.3 Å². The molecule has 0 amide bonds. The summed E-state index contributed by atoms with van der Waals surface area (Å²) in [7, 11) is 0. The van der Waals surface area contributed by atoms with Crippen LogP contribution in [-0.4, -0.2) is 0 Å². The van der Waals surface area contributed by atoms with Gasteiger partial charge in [0.25, 0.3) is 0 Å². The van der Waals surface area contributed by atoms with Crippen molar-refractivity contribution in [3.8, 4) is 33.4 Å². The molecule has 0 saturated heterocycles. The summed E-state index contributed by atoms with van der Waals surface area (Å²) in [5.41, 5.74) is 13.1. The summed E-state index contributed by atoms with van der Waals surface area (Å²) in [5, 5.41) is 10.5. The topological polar surface area (TPSA) is 0 Å². The number of benzene rings is 9. The zero-order valence-electron chi connectivity index (χ0n) is 27.1. The van der Waals surface area contributed by atoms with Gasteiger partial charge in [-0.15, -0.1) is 11.3 Å². The van der Waals surface area contributed by atoms with Crippen LogP contribution in [0, 0.1) is 0 Å². The van der Waals surface area contributed by atoms with E-state index in [9.17, 15) is 0 Å². The summed E-state index contributed by atoms with van der Waals surface area (Å²) in [6.07, 6.45) is 0. The lowest BCUT2D eigenvalue weighted by Crippen LogP contribution is -2.25. The molecule has 0 N–H and O–H groups in total. The smallest absolute Gasteiger partial charge is 0.0725 e. The molecule has 0 unspecified atom stereocenters. The lowest BCUT2D eigenvalue weighted by atomic mass is 9.70. The molecule has 230 valence electrons. The highest BCUT2D eigenvalue weighted by Crippen LogP contribution is 2.63. The normalized spacial score (nSPS) is 13.8. The number of rotatable bonds is 1. The van der Waals surface area contributed by atoms with E-state index < -0.39 is 0 Å². The molecular formula is C49H28S. The van der Waals surface area contributed by atoms with Crippen molar-refractivity contribution in [2.45, 2.75) is 5.41 Å². The Labute approximate surface area is 293 Å². The molecular weight excluding hydrogens is 621 g/mol. The fourth-order valence-corrected chi connectivity index (χ4v) is 10.9. The van der Waals surface area contributed by atoms with Crippen molar-refractivity contribution in [1.29, 1.82) is 0 Å². The third-order valence-electron chi connectivity index (χ3n) is 11.7. The van der Waals surface area contributed by atoms with E-state index in [0.717, 1.165) is 0 Å². The van der Waals surface area contributed by atoms with Gasteiger partial charge in [-0.1, -0.05) is 146 Å². The summed E-state index contributed by atoms with van der Waals surface area (Å²) < 4.78 is 2.69. The Hall–Kier alpha value is -6.02. The summed E-state index contributed by atoms with van der Waals surface area (Å²) in [6.45, 7) is 0. The van der Waals surface area contributed by atoms with E-state index >= 15 is 0 Å². The van der Waals surface area contributed by atoms with E-state index in [-0.39, 0.29) is 5.41 Å².